The van der Waals surface area contributed by atoms with Crippen molar-refractivity contribution in [3.8, 4) is 5.75 Å². The van der Waals surface area contributed by atoms with Crippen molar-refractivity contribution in [2.75, 3.05) is 14.2 Å². The Morgan fingerprint density at radius 3 is 2.53 bits per heavy atom. The molecule has 0 radical (unpaired) electrons. The molecule has 0 aliphatic carbocycles. The van der Waals surface area contributed by atoms with Crippen molar-refractivity contribution < 1.29 is 19.1 Å². The van der Waals surface area contributed by atoms with Gasteiger partial charge in [0.2, 0.25) is 5.78 Å². The molecule has 0 saturated carbocycles. The number of pyridine rings is 1. The first-order valence-corrected chi connectivity index (χ1v) is 4.27. The Morgan fingerprint density at radius 2 is 2.07 bits per heavy atom. The second-order valence-corrected chi connectivity index (χ2v) is 2.78. The van der Waals surface area contributed by atoms with Gasteiger partial charge in [0, 0.05) is 5.69 Å². The maximum atomic E-state index is 11.2. The highest BCUT2D eigenvalue weighted by Gasteiger charge is 2.14. The third kappa shape index (κ3) is 3.05. The van der Waals surface area contributed by atoms with E-state index in [1.165, 1.54) is 20.4 Å². The van der Waals surface area contributed by atoms with Crippen LogP contribution < -0.4 is 4.74 Å². The molecule has 0 spiro atoms. The van der Waals surface area contributed by atoms with Crippen LogP contribution in [0, 0.1) is 0 Å². The van der Waals surface area contributed by atoms with E-state index >= 15 is 0 Å². The molecule has 1 heterocycles. The zero-order valence-electron chi connectivity index (χ0n) is 8.52. The molecule has 5 nitrogen and oxygen atoms in total. The first-order valence-electron chi connectivity index (χ1n) is 4.27. The lowest BCUT2D eigenvalue weighted by Gasteiger charge is -2.01. The topological polar surface area (TPSA) is 65.5 Å². The minimum atomic E-state index is -0.854. The number of hydrogen-bond acceptors (Lipinski definition) is 5. The van der Waals surface area contributed by atoms with Gasteiger partial charge in [0.05, 0.1) is 26.8 Å². The maximum absolute atomic E-state index is 11.2. The maximum Gasteiger partial charge on any atom is 0.374 e. The second kappa shape index (κ2) is 5.09. The minimum absolute atomic E-state index is 0.0589. The number of carbonyl (C=O) groups is 2. The van der Waals surface area contributed by atoms with Crippen LogP contribution in [-0.2, 0) is 20.7 Å². The number of methoxy groups -OCH3 is 2. The number of ketones is 1. The Bertz CT molecular complexity index is 358. The SMILES string of the molecule is COC(=O)C(=O)Cc1ccc(OC)cn1. The van der Waals surface area contributed by atoms with Crippen molar-refractivity contribution in [3.05, 3.63) is 24.0 Å². The summed E-state index contributed by atoms with van der Waals surface area (Å²) >= 11 is 0. The molecule has 0 saturated heterocycles. The van der Waals surface area contributed by atoms with Gasteiger partial charge in [-0.1, -0.05) is 0 Å². The van der Waals surface area contributed by atoms with Crippen molar-refractivity contribution in [3.63, 3.8) is 0 Å². The predicted molar refractivity (Wildman–Crippen MR) is 51.5 cm³/mol. The summed E-state index contributed by atoms with van der Waals surface area (Å²) in [5.74, 6) is -0.868. The summed E-state index contributed by atoms with van der Waals surface area (Å²) in [4.78, 5) is 25.9. The van der Waals surface area contributed by atoms with E-state index in [1.54, 1.807) is 12.1 Å². The van der Waals surface area contributed by atoms with Crippen molar-refractivity contribution in [1.82, 2.24) is 4.98 Å². The number of Topliss-reactive ketones (excluding diaryl/α,β-unsaturated/α-hetero) is 1. The molecular weight excluding hydrogens is 198 g/mol. The zero-order chi connectivity index (χ0) is 11.3. The molecule has 80 valence electrons. The first kappa shape index (κ1) is 11.2. The van der Waals surface area contributed by atoms with Crippen molar-refractivity contribution >= 4 is 11.8 Å². The summed E-state index contributed by atoms with van der Waals surface area (Å²) in [6.45, 7) is 0. The number of ether oxygens (including phenoxy) is 2. The third-order valence-electron chi connectivity index (χ3n) is 1.79. The molecule has 0 amide bonds. The molecular formula is C10H11NO4. The van der Waals surface area contributed by atoms with E-state index in [-0.39, 0.29) is 6.42 Å². The van der Waals surface area contributed by atoms with Crippen molar-refractivity contribution in [1.29, 1.82) is 0 Å². The summed E-state index contributed by atoms with van der Waals surface area (Å²) in [6, 6.07) is 3.30. The summed E-state index contributed by atoms with van der Waals surface area (Å²) in [5.41, 5.74) is 0.506. The highest BCUT2D eigenvalue weighted by molar-refractivity contribution is 6.33. The molecule has 0 aliphatic rings. The van der Waals surface area contributed by atoms with E-state index in [0.717, 1.165) is 0 Å². The van der Waals surface area contributed by atoms with Gasteiger partial charge in [0.25, 0.3) is 0 Å². The lowest BCUT2D eigenvalue weighted by molar-refractivity contribution is -0.151. The highest BCUT2D eigenvalue weighted by Crippen LogP contribution is 2.08. The largest absolute Gasteiger partial charge is 0.495 e. The van der Waals surface area contributed by atoms with Crippen LogP contribution in [0.15, 0.2) is 18.3 Å². The number of aromatic nitrogens is 1. The van der Waals surface area contributed by atoms with Gasteiger partial charge in [-0.25, -0.2) is 4.79 Å². The third-order valence-corrected chi connectivity index (χ3v) is 1.79. The Hall–Kier alpha value is -1.91. The van der Waals surface area contributed by atoms with E-state index in [2.05, 4.69) is 9.72 Å². The molecule has 1 aromatic rings. The number of nitrogens with zero attached hydrogens (tertiary/aromatic N) is 1. The van der Waals surface area contributed by atoms with E-state index in [0.29, 0.717) is 11.4 Å². The van der Waals surface area contributed by atoms with Crippen LogP contribution in [0.5, 0.6) is 5.75 Å². The van der Waals surface area contributed by atoms with Crippen LogP contribution in [-0.4, -0.2) is 31.0 Å². The van der Waals surface area contributed by atoms with Gasteiger partial charge < -0.3 is 9.47 Å². The summed E-state index contributed by atoms with van der Waals surface area (Å²) < 4.78 is 9.19. The van der Waals surface area contributed by atoms with Crippen LogP contribution in [0.1, 0.15) is 5.69 Å². The normalized spacial score (nSPS) is 9.47. The Morgan fingerprint density at radius 1 is 1.33 bits per heavy atom. The molecule has 0 atom stereocenters. The Kier molecular flexibility index (Phi) is 3.79. The minimum Gasteiger partial charge on any atom is -0.495 e. The summed E-state index contributed by atoms with van der Waals surface area (Å²) in [7, 11) is 2.69. The number of rotatable bonds is 4. The van der Waals surface area contributed by atoms with Crippen molar-refractivity contribution in [2.45, 2.75) is 6.42 Å². The monoisotopic (exact) mass is 209 g/mol. The fourth-order valence-corrected chi connectivity index (χ4v) is 0.987. The molecule has 0 N–H and O–H groups in total. The van der Waals surface area contributed by atoms with Gasteiger partial charge in [-0.2, -0.15) is 0 Å². The lowest BCUT2D eigenvalue weighted by Crippen LogP contribution is -2.18. The second-order valence-electron chi connectivity index (χ2n) is 2.78. The van der Waals surface area contributed by atoms with Crippen LogP contribution >= 0.6 is 0 Å². The van der Waals surface area contributed by atoms with E-state index in [4.69, 9.17) is 4.74 Å². The number of hydrogen-bond donors (Lipinski definition) is 0. The van der Waals surface area contributed by atoms with Crippen LogP contribution in [0.3, 0.4) is 0 Å². The molecule has 5 heteroatoms. The number of carbonyl (C=O) groups excluding carboxylic acids is 2. The molecule has 15 heavy (non-hydrogen) atoms. The summed E-state index contributed by atoms with van der Waals surface area (Å²) in [5, 5.41) is 0. The standard InChI is InChI=1S/C10H11NO4/c1-14-8-4-3-7(11-6-8)5-9(12)10(13)15-2/h3-4,6H,5H2,1-2H3. The molecule has 0 bridgehead atoms. The highest BCUT2D eigenvalue weighted by atomic mass is 16.5. The number of esters is 1. The molecule has 0 aliphatic heterocycles. The van der Waals surface area contributed by atoms with Crippen LogP contribution in [0.4, 0.5) is 0 Å². The Balaban J connectivity index is 2.65. The van der Waals surface area contributed by atoms with Gasteiger partial charge in [0.15, 0.2) is 0 Å². The van der Waals surface area contributed by atoms with Gasteiger partial charge in [-0.3, -0.25) is 9.78 Å². The van der Waals surface area contributed by atoms with Gasteiger partial charge in [-0.05, 0) is 12.1 Å². The average Bonchev–Trinajstić information content (AvgIpc) is 2.29. The van der Waals surface area contributed by atoms with Gasteiger partial charge >= 0.3 is 5.97 Å². The van der Waals surface area contributed by atoms with Crippen LogP contribution in [0.25, 0.3) is 0 Å². The first-order chi connectivity index (χ1) is 7.17. The smallest absolute Gasteiger partial charge is 0.374 e. The molecule has 1 rings (SSSR count). The fraction of sp³-hybridized carbons (Fsp3) is 0.300. The van der Waals surface area contributed by atoms with E-state index < -0.39 is 11.8 Å². The summed E-state index contributed by atoms with van der Waals surface area (Å²) in [6.07, 6.45) is 1.43. The predicted octanol–water partition coefficient (Wildman–Crippen LogP) is 0.375. The van der Waals surface area contributed by atoms with Gasteiger partial charge in [0.1, 0.15) is 5.75 Å². The van der Waals surface area contributed by atoms with Gasteiger partial charge in [-0.15, -0.1) is 0 Å². The quantitative estimate of drug-likeness (QED) is 0.529. The molecule has 0 fully saturated rings. The van der Waals surface area contributed by atoms with Crippen molar-refractivity contribution in [2.24, 2.45) is 0 Å². The van der Waals surface area contributed by atoms with E-state index in [9.17, 15) is 9.59 Å². The zero-order valence-corrected chi connectivity index (χ0v) is 8.52. The van der Waals surface area contributed by atoms with E-state index in [1.807, 2.05) is 0 Å². The lowest BCUT2D eigenvalue weighted by atomic mass is 10.2. The molecule has 0 aromatic carbocycles. The Labute approximate surface area is 87.0 Å². The molecule has 1 aromatic heterocycles. The average molecular weight is 209 g/mol. The van der Waals surface area contributed by atoms with Crippen LogP contribution in [0.2, 0.25) is 0 Å². The molecule has 0 unspecified atom stereocenters. The fourth-order valence-electron chi connectivity index (χ4n) is 0.987.